The first kappa shape index (κ1) is 16.2. The molecule has 0 radical (unpaired) electrons. The fourth-order valence-electron chi connectivity index (χ4n) is 1.57. The minimum Gasteiger partial charge on any atom is -0.394 e. The first-order valence-corrected chi connectivity index (χ1v) is 6.50. The summed E-state index contributed by atoms with van der Waals surface area (Å²) in [5, 5.41) is 12.0. The van der Waals surface area contributed by atoms with Crippen molar-refractivity contribution in [2.45, 2.75) is 32.9 Å². The van der Waals surface area contributed by atoms with Crippen molar-refractivity contribution < 1.29 is 14.7 Å². The molecule has 2 amide bonds. The van der Waals surface area contributed by atoms with Gasteiger partial charge in [0.25, 0.3) is 5.91 Å². The van der Waals surface area contributed by atoms with Crippen molar-refractivity contribution in [2.75, 3.05) is 13.7 Å². The molecule has 20 heavy (non-hydrogen) atoms. The molecule has 0 aliphatic carbocycles. The van der Waals surface area contributed by atoms with E-state index in [0.717, 1.165) is 5.56 Å². The Morgan fingerprint density at radius 3 is 2.25 bits per heavy atom. The van der Waals surface area contributed by atoms with Crippen molar-refractivity contribution >= 4 is 11.8 Å². The second kappa shape index (κ2) is 6.52. The molecule has 110 valence electrons. The van der Waals surface area contributed by atoms with Gasteiger partial charge >= 0.3 is 0 Å². The molecule has 0 atom stereocenters. The second-order valence-corrected chi connectivity index (χ2v) is 5.44. The summed E-state index contributed by atoms with van der Waals surface area (Å²) in [7, 11) is 1.67. The highest BCUT2D eigenvalue weighted by molar-refractivity contribution is 5.94. The van der Waals surface area contributed by atoms with Crippen molar-refractivity contribution in [3.8, 4) is 0 Å². The van der Waals surface area contributed by atoms with Crippen molar-refractivity contribution in [1.29, 1.82) is 0 Å². The Labute approximate surface area is 119 Å². The number of hydrogen-bond donors (Lipinski definition) is 2. The number of carbonyl (C=O) groups excluding carboxylic acids is 2. The smallest absolute Gasteiger partial charge is 0.254 e. The average molecular weight is 278 g/mol. The van der Waals surface area contributed by atoms with Gasteiger partial charge in [-0.3, -0.25) is 9.59 Å². The highest BCUT2D eigenvalue weighted by Gasteiger charge is 2.27. The minimum absolute atomic E-state index is 0.0884. The van der Waals surface area contributed by atoms with Gasteiger partial charge in [0.1, 0.15) is 0 Å². The maximum absolute atomic E-state index is 12.3. The molecule has 1 rings (SSSR count). The molecule has 1 aromatic rings. The average Bonchev–Trinajstić information content (AvgIpc) is 2.44. The molecule has 0 heterocycles. The first-order valence-electron chi connectivity index (χ1n) is 6.50. The van der Waals surface area contributed by atoms with E-state index in [2.05, 4.69) is 5.32 Å². The summed E-state index contributed by atoms with van der Waals surface area (Å²) >= 11 is 0. The van der Waals surface area contributed by atoms with Crippen LogP contribution in [0.4, 0.5) is 0 Å². The van der Waals surface area contributed by atoms with Gasteiger partial charge in [-0.05, 0) is 31.5 Å². The molecular weight excluding hydrogens is 256 g/mol. The fraction of sp³-hybridized carbons (Fsp3) is 0.467. The molecule has 0 unspecified atom stereocenters. The highest BCUT2D eigenvalue weighted by Crippen LogP contribution is 2.15. The third-order valence-corrected chi connectivity index (χ3v) is 3.34. The Morgan fingerprint density at radius 1 is 1.25 bits per heavy atom. The number of hydrogen-bond acceptors (Lipinski definition) is 3. The SMILES string of the molecule is CC(=O)NCc1ccc(C(=O)N(C)C(C)(C)CO)cc1. The van der Waals surface area contributed by atoms with Crippen LogP contribution >= 0.6 is 0 Å². The van der Waals surface area contributed by atoms with Gasteiger partial charge < -0.3 is 15.3 Å². The lowest BCUT2D eigenvalue weighted by Gasteiger charge is -2.34. The van der Waals surface area contributed by atoms with E-state index in [0.29, 0.717) is 12.1 Å². The summed E-state index contributed by atoms with van der Waals surface area (Å²) < 4.78 is 0. The molecule has 0 saturated carbocycles. The summed E-state index contributed by atoms with van der Waals surface area (Å²) in [6, 6.07) is 7.07. The number of aliphatic hydroxyl groups excluding tert-OH is 1. The van der Waals surface area contributed by atoms with E-state index >= 15 is 0 Å². The van der Waals surface area contributed by atoms with Crippen LogP contribution in [0.5, 0.6) is 0 Å². The minimum atomic E-state index is -0.605. The molecule has 5 heteroatoms. The van der Waals surface area contributed by atoms with E-state index in [1.165, 1.54) is 11.8 Å². The zero-order valence-corrected chi connectivity index (χ0v) is 12.4. The number of amides is 2. The van der Waals surface area contributed by atoms with E-state index in [9.17, 15) is 14.7 Å². The van der Waals surface area contributed by atoms with Crippen LogP contribution in [0.15, 0.2) is 24.3 Å². The molecule has 1 aromatic carbocycles. The number of benzene rings is 1. The lowest BCUT2D eigenvalue weighted by molar-refractivity contribution is -0.119. The lowest BCUT2D eigenvalue weighted by atomic mass is 10.0. The maximum atomic E-state index is 12.3. The summed E-state index contributed by atoms with van der Waals surface area (Å²) in [6.45, 7) is 5.41. The highest BCUT2D eigenvalue weighted by atomic mass is 16.3. The molecule has 0 aromatic heterocycles. The van der Waals surface area contributed by atoms with Crippen molar-refractivity contribution in [3.05, 3.63) is 35.4 Å². The van der Waals surface area contributed by atoms with E-state index in [1.807, 2.05) is 12.1 Å². The molecule has 0 fully saturated rings. The molecular formula is C15H22N2O3. The molecule has 2 N–H and O–H groups in total. The largest absolute Gasteiger partial charge is 0.394 e. The summed E-state index contributed by atoms with van der Waals surface area (Å²) in [6.07, 6.45) is 0. The Bertz CT molecular complexity index is 480. The Balaban J connectivity index is 2.78. The first-order chi connectivity index (χ1) is 9.27. The van der Waals surface area contributed by atoms with Crippen LogP contribution in [0.2, 0.25) is 0 Å². The summed E-state index contributed by atoms with van der Waals surface area (Å²) in [4.78, 5) is 24.6. The van der Waals surface area contributed by atoms with E-state index in [4.69, 9.17) is 0 Å². The number of rotatable bonds is 5. The Morgan fingerprint density at radius 2 is 1.80 bits per heavy atom. The molecule has 0 spiro atoms. The zero-order chi connectivity index (χ0) is 15.3. The molecule has 0 saturated heterocycles. The van der Waals surface area contributed by atoms with Gasteiger partial charge in [-0.15, -0.1) is 0 Å². The number of aliphatic hydroxyl groups is 1. The third-order valence-electron chi connectivity index (χ3n) is 3.34. The fourth-order valence-corrected chi connectivity index (χ4v) is 1.57. The van der Waals surface area contributed by atoms with Crippen LogP contribution in [-0.4, -0.2) is 41.0 Å². The van der Waals surface area contributed by atoms with Crippen molar-refractivity contribution in [2.24, 2.45) is 0 Å². The van der Waals surface area contributed by atoms with Crippen molar-refractivity contribution in [1.82, 2.24) is 10.2 Å². The van der Waals surface area contributed by atoms with Crippen LogP contribution in [0.3, 0.4) is 0 Å². The predicted octanol–water partition coefficient (Wildman–Crippen LogP) is 1.17. The Hall–Kier alpha value is -1.88. The quantitative estimate of drug-likeness (QED) is 0.849. The van der Waals surface area contributed by atoms with Crippen LogP contribution in [-0.2, 0) is 11.3 Å². The maximum Gasteiger partial charge on any atom is 0.254 e. The van der Waals surface area contributed by atoms with Crippen LogP contribution < -0.4 is 5.32 Å². The van der Waals surface area contributed by atoms with Gasteiger partial charge in [-0.2, -0.15) is 0 Å². The standard InChI is InChI=1S/C15H22N2O3/c1-11(19)16-9-12-5-7-13(8-6-12)14(20)17(4)15(2,3)10-18/h5-8,18H,9-10H2,1-4H3,(H,16,19). The molecule has 5 nitrogen and oxygen atoms in total. The predicted molar refractivity (Wildman–Crippen MR) is 77.2 cm³/mol. The Kier molecular flexibility index (Phi) is 5.27. The molecule has 0 aliphatic rings. The van der Waals surface area contributed by atoms with Gasteiger partial charge in [0.15, 0.2) is 0 Å². The number of nitrogens with zero attached hydrogens (tertiary/aromatic N) is 1. The number of carbonyl (C=O) groups is 2. The van der Waals surface area contributed by atoms with E-state index in [-0.39, 0.29) is 18.4 Å². The summed E-state index contributed by atoms with van der Waals surface area (Å²) in [5.74, 6) is -0.232. The van der Waals surface area contributed by atoms with Gasteiger partial charge in [-0.1, -0.05) is 12.1 Å². The van der Waals surface area contributed by atoms with Gasteiger partial charge in [0.2, 0.25) is 5.91 Å². The third kappa shape index (κ3) is 4.06. The van der Waals surface area contributed by atoms with E-state index in [1.54, 1.807) is 33.0 Å². The van der Waals surface area contributed by atoms with Crippen LogP contribution in [0.1, 0.15) is 36.7 Å². The normalized spacial score (nSPS) is 11.1. The molecule has 0 aliphatic heterocycles. The second-order valence-electron chi connectivity index (χ2n) is 5.44. The van der Waals surface area contributed by atoms with Gasteiger partial charge in [0.05, 0.1) is 12.1 Å². The van der Waals surface area contributed by atoms with Gasteiger partial charge in [0, 0.05) is 26.1 Å². The van der Waals surface area contributed by atoms with E-state index < -0.39 is 5.54 Å². The van der Waals surface area contributed by atoms with Crippen LogP contribution in [0, 0.1) is 0 Å². The van der Waals surface area contributed by atoms with Gasteiger partial charge in [-0.25, -0.2) is 0 Å². The van der Waals surface area contributed by atoms with Crippen LogP contribution in [0.25, 0.3) is 0 Å². The number of likely N-dealkylation sites (N-methyl/N-ethyl adjacent to an activating group) is 1. The zero-order valence-electron chi connectivity index (χ0n) is 12.4. The number of nitrogens with one attached hydrogen (secondary N) is 1. The van der Waals surface area contributed by atoms with Crippen molar-refractivity contribution in [3.63, 3.8) is 0 Å². The summed E-state index contributed by atoms with van der Waals surface area (Å²) in [5.41, 5.74) is 0.882. The lowest BCUT2D eigenvalue weighted by Crippen LogP contribution is -2.47. The topological polar surface area (TPSA) is 69.6 Å². The monoisotopic (exact) mass is 278 g/mol. The molecule has 0 bridgehead atoms.